The minimum atomic E-state index is -0.522. The Labute approximate surface area is 158 Å². The van der Waals surface area contributed by atoms with Gasteiger partial charge in [-0.25, -0.2) is 4.39 Å². The van der Waals surface area contributed by atoms with Crippen molar-refractivity contribution in [1.29, 1.82) is 0 Å². The molecule has 2 aromatic heterocycles. The maximum absolute atomic E-state index is 13.2. The molecule has 4 aromatic rings. The number of halogens is 2. The van der Waals surface area contributed by atoms with E-state index < -0.39 is 5.82 Å². The topological polar surface area (TPSA) is 49.8 Å². The van der Waals surface area contributed by atoms with Crippen molar-refractivity contribution in [1.82, 2.24) is 8.96 Å². The van der Waals surface area contributed by atoms with Crippen LogP contribution in [-0.2, 0) is 0 Å². The fourth-order valence-corrected chi connectivity index (χ4v) is 3.58. The smallest absolute Gasteiger partial charge is 0.257 e. The molecule has 2 aromatic carbocycles. The molecule has 0 bridgehead atoms. The second kappa shape index (κ2) is 6.90. The number of nitrogens with one attached hydrogen (secondary N) is 2. The quantitative estimate of drug-likeness (QED) is 0.482. The number of aromatic nitrogens is 2. The third kappa shape index (κ3) is 3.47. The second-order valence-electron chi connectivity index (χ2n) is 5.66. The summed E-state index contributed by atoms with van der Waals surface area (Å²) >= 11 is 7.24. The highest BCUT2D eigenvalue weighted by Crippen LogP contribution is 2.25. The zero-order chi connectivity index (χ0) is 18.1. The Bertz CT molecular complexity index is 1110. The van der Waals surface area contributed by atoms with Crippen molar-refractivity contribution in [2.24, 2.45) is 0 Å². The highest BCUT2D eigenvalue weighted by atomic mass is 35.5. The number of carbonyl (C=O) groups excluding carboxylic acids is 1. The summed E-state index contributed by atoms with van der Waals surface area (Å²) in [6, 6.07) is 13.9. The number of benzene rings is 2. The van der Waals surface area contributed by atoms with E-state index in [2.05, 4.69) is 16.4 Å². The Morgan fingerprint density at radius 2 is 2.04 bits per heavy atom. The molecule has 7 heteroatoms. The number of aromatic amines is 1. The molecule has 1 amide bonds. The van der Waals surface area contributed by atoms with Crippen LogP contribution in [0.5, 0.6) is 0 Å². The Kier molecular flexibility index (Phi) is 4.44. The van der Waals surface area contributed by atoms with Crippen molar-refractivity contribution in [3.63, 3.8) is 0 Å². The molecule has 0 atom stereocenters. The van der Waals surface area contributed by atoms with Crippen LogP contribution in [0.3, 0.4) is 0 Å². The molecule has 0 spiro atoms. The van der Waals surface area contributed by atoms with E-state index in [9.17, 15) is 9.18 Å². The van der Waals surface area contributed by atoms with Gasteiger partial charge in [-0.1, -0.05) is 11.6 Å². The molecule has 130 valence electrons. The van der Waals surface area contributed by atoms with Crippen molar-refractivity contribution in [2.75, 3.05) is 5.32 Å². The number of hydrogen-bond acceptors (Lipinski definition) is 2. The lowest BCUT2D eigenvalue weighted by Gasteiger charge is -2.05. The highest BCUT2D eigenvalue weighted by molar-refractivity contribution is 7.97. The van der Waals surface area contributed by atoms with E-state index in [1.165, 1.54) is 30.1 Å². The number of hydrogen-bond donors (Lipinski definition) is 2. The Hall–Kier alpha value is -2.70. The number of carbonyl (C=O) groups is 1. The number of amides is 1. The first-order valence-electron chi connectivity index (χ1n) is 7.78. The molecule has 0 saturated carbocycles. The summed E-state index contributed by atoms with van der Waals surface area (Å²) in [5.41, 5.74) is 2.03. The van der Waals surface area contributed by atoms with Crippen LogP contribution in [0.4, 0.5) is 10.1 Å². The predicted octanol–water partition coefficient (Wildman–Crippen LogP) is 5.57. The maximum atomic E-state index is 13.2. The van der Waals surface area contributed by atoms with Crippen molar-refractivity contribution in [2.45, 2.75) is 4.90 Å². The van der Waals surface area contributed by atoms with Gasteiger partial charge in [0.2, 0.25) is 0 Å². The van der Waals surface area contributed by atoms with Crippen LogP contribution >= 0.6 is 23.5 Å². The van der Waals surface area contributed by atoms with Gasteiger partial charge in [0, 0.05) is 40.1 Å². The van der Waals surface area contributed by atoms with E-state index >= 15 is 0 Å². The van der Waals surface area contributed by atoms with E-state index in [0.717, 1.165) is 15.8 Å². The lowest BCUT2D eigenvalue weighted by Crippen LogP contribution is -2.11. The fourth-order valence-electron chi connectivity index (χ4n) is 2.56. The molecule has 0 aliphatic heterocycles. The van der Waals surface area contributed by atoms with Gasteiger partial charge in [0.05, 0.1) is 10.6 Å². The van der Waals surface area contributed by atoms with Gasteiger partial charge < -0.3 is 10.3 Å². The SMILES string of the molecule is O=C(Nc1ccc(F)c(Cl)c1)c1ccn(Sc2ccc3[nH]ccc3c2)c1. The van der Waals surface area contributed by atoms with E-state index in [1.54, 1.807) is 12.3 Å². The molecular formula is C19H13ClFN3OS. The van der Waals surface area contributed by atoms with Crippen LogP contribution in [0.2, 0.25) is 5.02 Å². The van der Waals surface area contributed by atoms with Gasteiger partial charge in [0.1, 0.15) is 5.82 Å². The van der Waals surface area contributed by atoms with Gasteiger partial charge in [-0.2, -0.15) is 0 Å². The molecule has 0 unspecified atom stereocenters. The summed E-state index contributed by atoms with van der Waals surface area (Å²) in [4.78, 5) is 16.6. The number of fused-ring (bicyclic) bond motifs is 1. The Morgan fingerprint density at radius 3 is 2.88 bits per heavy atom. The lowest BCUT2D eigenvalue weighted by atomic mass is 10.2. The Balaban J connectivity index is 1.47. The van der Waals surface area contributed by atoms with Crippen LogP contribution in [0.25, 0.3) is 10.9 Å². The molecule has 2 N–H and O–H groups in total. The summed E-state index contributed by atoms with van der Waals surface area (Å²) in [6.07, 6.45) is 5.46. The molecule has 4 rings (SSSR count). The number of nitrogens with zero attached hydrogens (tertiary/aromatic N) is 1. The van der Waals surface area contributed by atoms with E-state index in [-0.39, 0.29) is 10.9 Å². The number of H-pyrrole nitrogens is 1. The molecule has 26 heavy (non-hydrogen) atoms. The van der Waals surface area contributed by atoms with Gasteiger partial charge in [-0.15, -0.1) is 0 Å². The van der Waals surface area contributed by atoms with Crippen molar-refractivity contribution < 1.29 is 9.18 Å². The van der Waals surface area contributed by atoms with E-state index in [1.807, 2.05) is 34.6 Å². The average molecular weight is 386 g/mol. The number of anilines is 1. The Morgan fingerprint density at radius 1 is 1.15 bits per heavy atom. The summed E-state index contributed by atoms with van der Waals surface area (Å²) in [5, 5.41) is 3.81. The highest BCUT2D eigenvalue weighted by Gasteiger charge is 2.10. The molecule has 2 heterocycles. The predicted molar refractivity (Wildman–Crippen MR) is 103 cm³/mol. The zero-order valence-electron chi connectivity index (χ0n) is 13.4. The van der Waals surface area contributed by atoms with Crippen LogP contribution < -0.4 is 5.32 Å². The van der Waals surface area contributed by atoms with E-state index in [0.29, 0.717) is 11.3 Å². The molecule has 0 fully saturated rings. The van der Waals surface area contributed by atoms with Crippen molar-refractivity contribution in [3.05, 3.63) is 83.5 Å². The normalized spacial score (nSPS) is 11.0. The minimum absolute atomic E-state index is 0.0314. The standard InChI is InChI=1S/C19H13ClFN3OS/c20-16-10-14(1-3-17(16)21)23-19(25)13-6-8-24(11-13)26-15-2-4-18-12(9-15)5-7-22-18/h1-11,22H,(H,23,25). The van der Waals surface area contributed by atoms with Gasteiger partial charge in [-0.05, 0) is 60.5 Å². The zero-order valence-corrected chi connectivity index (χ0v) is 14.9. The largest absolute Gasteiger partial charge is 0.361 e. The summed E-state index contributed by atoms with van der Waals surface area (Å²) in [7, 11) is 0. The van der Waals surface area contributed by atoms with Gasteiger partial charge >= 0.3 is 0 Å². The van der Waals surface area contributed by atoms with Crippen LogP contribution in [0.1, 0.15) is 10.4 Å². The summed E-state index contributed by atoms with van der Waals surface area (Å²) in [6.45, 7) is 0. The lowest BCUT2D eigenvalue weighted by molar-refractivity contribution is 0.102. The van der Waals surface area contributed by atoms with Crippen LogP contribution in [0.15, 0.2) is 72.0 Å². The molecule has 0 aliphatic rings. The monoisotopic (exact) mass is 385 g/mol. The summed E-state index contributed by atoms with van der Waals surface area (Å²) < 4.78 is 15.1. The molecule has 0 saturated heterocycles. The fraction of sp³-hybridized carbons (Fsp3) is 0. The van der Waals surface area contributed by atoms with Gasteiger partial charge in [-0.3, -0.25) is 8.77 Å². The summed E-state index contributed by atoms with van der Waals surface area (Å²) in [5.74, 6) is -0.806. The third-order valence-electron chi connectivity index (χ3n) is 3.84. The molecule has 0 aliphatic carbocycles. The second-order valence-corrected chi connectivity index (χ2v) is 7.14. The maximum Gasteiger partial charge on any atom is 0.257 e. The average Bonchev–Trinajstić information content (AvgIpc) is 3.27. The molecule has 4 nitrogen and oxygen atoms in total. The molecule has 0 radical (unpaired) electrons. The van der Waals surface area contributed by atoms with Crippen LogP contribution in [-0.4, -0.2) is 14.9 Å². The first kappa shape index (κ1) is 16.8. The van der Waals surface area contributed by atoms with Gasteiger partial charge in [0.25, 0.3) is 5.91 Å². The first-order valence-corrected chi connectivity index (χ1v) is 8.93. The van der Waals surface area contributed by atoms with Gasteiger partial charge in [0.15, 0.2) is 0 Å². The third-order valence-corrected chi connectivity index (χ3v) is 5.03. The van der Waals surface area contributed by atoms with Crippen LogP contribution in [0, 0.1) is 5.82 Å². The first-order chi connectivity index (χ1) is 12.6. The molecular weight excluding hydrogens is 373 g/mol. The van der Waals surface area contributed by atoms with E-state index in [4.69, 9.17) is 11.6 Å². The number of rotatable bonds is 4. The van der Waals surface area contributed by atoms with Crippen molar-refractivity contribution in [3.8, 4) is 0 Å². The van der Waals surface area contributed by atoms with Crippen molar-refractivity contribution >= 4 is 46.0 Å². The minimum Gasteiger partial charge on any atom is -0.361 e.